The summed E-state index contributed by atoms with van der Waals surface area (Å²) >= 11 is 1.18. The summed E-state index contributed by atoms with van der Waals surface area (Å²) in [7, 11) is 0. The quantitative estimate of drug-likeness (QED) is 0.653. The standard InChI is InChI=1S/C14H17N3O3S/c1-9(2)7-12(18)16-17-13(19)8-21-14-15-10-5-3-4-6-11(10)20-14/h3-6,9H,7-8H2,1-2H3,(H,16,18)(H,17,19). The Morgan fingerprint density at radius 1 is 1.24 bits per heavy atom. The molecular weight excluding hydrogens is 290 g/mol. The number of nitrogens with zero attached hydrogens (tertiary/aromatic N) is 1. The Hall–Kier alpha value is -2.02. The van der Waals surface area contributed by atoms with Crippen LogP contribution in [0, 0.1) is 5.92 Å². The Morgan fingerprint density at radius 3 is 2.67 bits per heavy atom. The van der Waals surface area contributed by atoms with Crippen LogP contribution in [0.1, 0.15) is 20.3 Å². The number of aromatic nitrogens is 1. The SMILES string of the molecule is CC(C)CC(=O)NNC(=O)CSc1nc2ccccc2o1. The minimum atomic E-state index is -0.306. The van der Waals surface area contributed by atoms with Crippen LogP contribution in [0.2, 0.25) is 0 Å². The third-order valence-corrected chi connectivity index (χ3v) is 3.36. The predicted octanol–water partition coefficient (Wildman–Crippen LogP) is 2.11. The van der Waals surface area contributed by atoms with Gasteiger partial charge in [-0.1, -0.05) is 37.7 Å². The summed E-state index contributed by atoms with van der Waals surface area (Å²) in [6, 6.07) is 7.39. The maximum Gasteiger partial charge on any atom is 0.257 e. The van der Waals surface area contributed by atoms with E-state index >= 15 is 0 Å². The van der Waals surface area contributed by atoms with Crippen molar-refractivity contribution in [2.24, 2.45) is 5.92 Å². The molecule has 1 heterocycles. The Bertz CT molecular complexity index is 606. The topological polar surface area (TPSA) is 84.2 Å². The zero-order chi connectivity index (χ0) is 15.2. The number of hydrogen-bond donors (Lipinski definition) is 2. The van der Waals surface area contributed by atoms with Gasteiger partial charge in [0, 0.05) is 6.42 Å². The lowest BCUT2D eigenvalue weighted by Gasteiger charge is -2.07. The second kappa shape index (κ2) is 7.12. The number of fused-ring (bicyclic) bond motifs is 1. The number of benzene rings is 1. The van der Waals surface area contributed by atoms with Gasteiger partial charge >= 0.3 is 0 Å². The van der Waals surface area contributed by atoms with Crippen LogP contribution in [0.25, 0.3) is 11.1 Å². The molecule has 0 fully saturated rings. The van der Waals surface area contributed by atoms with E-state index in [1.807, 2.05) is 38.1 Å². The van der Waals surface area contributed by atoms with Gasteiger partial charge in [-0.2, -0.15) is 0 Å². The van der Waals surface area contributed by atoms with Crippen LogP contribution >= 0.6 is 11.8 Å². The van der Waals surface area contributed by atoms with E-state index in [4.69, 9.17) is 4.42 Å². The number of oxazole rings is 1. The lowest BCUT2D eigenvalue weighted by Crippen LogP contribution is -2.42. The van der Waals surface area contributed by atoms with Gasteiger partial charge in [-0.05, 0) is 18.1 Å². The normalized spacial score (nSPS) is 10.8. The molecule has 1 aromatic carbocycles. The highest BCUT2D eigenvalue weighted by atomic mass is 32.2. The van der Waals surface area contributed by atoms with Gasteiger partial charge in [0.25, 0.3) is 5.22 Å². The Labute approximate surface area is 126 Å². The van der Waals surface area contributed by atoms with Crippen LogP contribution in [0.15, 0.2) is 33.9 Å². The summed E-state index contributed by atoms with van der Waals surface area (Å²) in [4.78, 5) is 27.2. The molecule has 21 heavy (non-hydrogen) atoms. The van der Waals surface area contributed by atoms with Crippen LogP contribution < -0.4 is 10.9 Å². The molecule has 0 saturated carbocycles. The average molecular weight is 307 g/mol. The first-order valence-electron chi connectivity index (χ1n) is 6.60. The van der Waals surface area contributed by atoms with Crippen LogP contribution in [-0.2, 0) is 9.59 Å². The van der Waals surface area contributed by atoms with Gasteiger partial charge in [-0.25, -0.2) is 4.98 Å². The van der Waals surface area contributed by atoms with Gasteiger partial charge in [0.1, 0.15) is 5.52 Å². The summed E-state index contributed by atoms with van der Waals surface area (Å²) in [5.41, 5.74) is 6.18. The van der Waals surface area contributed by atoms with Crippen molar-refractivity contribution >= 4 is 34.7 Å². The fourth-order valence-corrected chi connectivity index (χ4v) is 2.28. The second-order valence-electron chi connectivity index (χ2n) is 4.93. The molecule has 7 heteroatoms. The minimum absolute atomic E-state index is 0.120. The average Bonchev–Trinajstić information content (AvgIpc) is 2.85. The Balaban J connectivity index is 1.77. The van der Waals surface area contributed by atoms with Crippen LogP contribution in [0.3, 0.4) is 0 Å². The highest BCUT2D eigenvalue weighted by Gasteiger charge is 2.10. The number of nitrogens with one attached hydrogen (secondary N) is 2. The maximum absolute atomic E-state index is 11.6. The Morgan fingerprint density at radius 2 is 1.95 bits per heavy atom. The molecule has 0 saturated heterocycles. The van der Waals surface area contributed by atoms with Crippen molar-refractivity contribution in [1.29, 1.82) is 0 Å². The van der Waals surface area contributed by atoms with E-state index in [9.17, 15) is 9.59 Å². The van der Waals surface area contributed by atoms with Crippen LogP contribution in [-0.4, -0.2) is 22.6 Å². The third-order valence-electron chi connectivity index (χ3n) is 2.54. The van der Waals surface area contributed by atoms with Gasteiger partial charge in [-0.15, -0.1) is 0 Å². The molecule has 0 aliphatic rings. The zero-order valence-electron chi connectivity index (χ0n) is 11.9. The highest BCUT2D eigenvalue weighted by molar-refractivity contribution is 7.99. The smallest absolute Gasteiger partial charge is 0.257 e. The molecule has 0 aliphatic carbocycles. The molecule has 0 radical (unpaired) electrons. The number of amides is 2. The molecule has 2 aromatic rings. The fraction of sp³-hybridized carbons (Fsp3) is 0.357. The fourth-order valence-electron chi connectivity index (χ4n) is 1.64. The van der Waals surface area contributed by atoms with E-state index in [0.29, 0.717) is 17.2 Å². The first-order chi connectivity index (χ1) is 10.0. The zero-order valence-corrected chi connectivity index (χ0v) is 12.7. The number of hydrogen-bond acceptors (Lipinski definition) is 5. The molecule has 6 nitrogen and oxygen atoms in total. The number of thioether (sulfide) groups is 1. The van der Waals surface area contributed by atoms with E-state index in [-0.39, 0.29) is 23.5 Å². The van der Waals surface area contributed by atoms with Crippen molar-refractivity contribution in [3.8, 4) is 0 Å². The summed E-state index contributed by atoms with van der Waals surface area (Å²) < 4.78 is 5.48. The highest BCUT2D eigenvalue weighted by Crippen LogP contribution is 2.22. The van der Waals surface area contributed by atoms with E-state index in [1.165, 1.54) is 11.8 Å². The van der Waals surface area contributed by atoms with Crippen LogP contribution in [0.4, 0.5) is 0 Å². The summed E-state index contributed by atoms with van der Waals surface area (Å²) in [5, 5.41) is 0.430. The largest absolute Gasteiger partial charge is 0.431 e. The first-order valence-corrected chi connectivity index (χ1v) is 7.59. The molecule has 2 amide bonds. The minimum Gasteiger partial charge on any atom is -0.431 e. The van der Waals surface area contributed by atoms with Crippen molar-refractivity contribution in [2.75, 3.05) is 5.75 Å². The maximum atomic E-state index is 11.6. The number of para-hydroxylation sites is 2. The molecule has 1 aromatic heterocycles. The van der Waals surface area contributed by atoms with Crippen molar-refractivity contribution in [3.63, 3.8) is 0 Å². The molecule has 2 N–H and O–H groups in total. The van der Waals surface area contributed by atoms with Gasteiger partial charge in [0.15, 0.2) is 5.58 Å². The van der Waals surface area contributed by atoms with Crippen molar-refractivity contribution in [2.45, 2.75) is 25.5 Å². The molecule has 0 aliphatic heterocycles. The number of rotatable bonds is 5. The summed E-state index contributed by atoms with van der Waals surface area (Å²) in [6.45, 7) is 3.87. The van der Waals surface area contributed by atoms with Crippen molar-refractivity contribution < 1.29 is 14.0 Å². The number of carbonyl (C=O) groups excluding carboxylic acids is 2. The van der Waals surface area contributed by atoms with Gasteiger partial charge in [0.05, 0.1) is 5.75 Å². The second-order valence-corrected chi connectivity index (χ2v) is 5.86. The molecule has 112 valence electrons. The summed E-state index contributed by atoms with van der Waals surface area (Å²) in [5.74, 6) is -0.144. The number of carbonyl (C=O) groups is 2. The van der Waals surface area contributed by atoms with Crippen molar-refractivity contribution in [1.82, 2.24) is 15.8 Å². The monoisotopic (exact) mass is 307 g/mol. The lowest BCUT2D eigenvalue weighted by molar-refractivity contribution is -0.128. The Kier molecular flexibility index (Phi) is 5.21. The molecule has 2 rings (SSSR count). The van der Waals surface area contributed by atoms with Gasteiger partial charge < -0.3 is 4.42 Å². The van der Waals surface area contributed by atoms with Crippen molar-refractivity contribution in [3.05, 3.63) is 24.3 Å². The van der Waals surface area contributed by atoms with E-state index in [1.54, 1.807) is 0 Å². The molecular formula is C14H17N3O3S. The van der Waals surface area contributed by atoms with Gasteiger partial charge in [-0.3, -0.25) is 20.4 Å². The molecule has 0 unspecified atom stereocenters. The first kappa shape index (κ1) is 15.4. The van der Waals surface area contributed by atoms with Gasteiger partial charge in [0.2, 0.25) is 11.8 Å². The number of hydrazine groups is 1. The molecule has 0 bridgehead atoms. The third kappa shape index (κ3) is 4.78. The van der Waals surface area contributed by atoms with E-state index < -0.39 is 0 Å². The van der Waals surface area contributed by atoms with E-state index in [0.717, 1.165) is 5.52 Å². The predicted molar refractivity (Wildman–Crippen MR) is 80.5 cm³/mol. The molecule has 0 spiro atoms. The lowest BCUT2D eigenvalue weighted by atomic mass is 10.1. The van der Waals surface area contributed by atoms with E-state index in [2.05, 4.69) is 15.8 Å². The summed E-state index contributed by atoms with van der Waals surface area (Å²) in [6.07, 6.45) is 0.374. The van der Waals surface area contributed by atoms with Crippen LogP contribution in [0.5, 0.6) is 0 Å². The molecule has 0 atom stereocenters.